The zero-order chi connectivity index (χ0) is 20.9. The third kappa shape index (κ3) is 2.92. The summed E-state index contributed by atoms with van der Waals surface area (Å²) in [4.78, 5) is 11.0. The number of hydrazone groups is 1. The van der Waals surface area contributed by atoms with Crippen molar-refractivity contribution in [1.82, 2.24) is 5.01 Å². The molecule has 0 aromatic heterocycles. The van der Waals surface area contributed by atoms with Gasteiger partial charge in [0.15, 0.2) is 0 Å². The second-order valence-electron chi connectivity index (χ2n) is 7.55. The molecule has 0 saturated heterocycles. The van der Waals surface area contributed by atoms with Crippen molar-refractivity contribution >= 4 is 23.0 Å². The molecule has 0 unspecified atom stereocenters. The van der Waals surface area contributed by atoms with Crippen molar-refractivity contribution in [3.05, 3.63) is 105 Å². The minimum atomic E-state index is -1.01. The van der Waals surface area contributed by atoms with Crippen LogP contribution in [0.5, 0.6) is 5.75 Å². The van der Waals surface area contributed by atoms with Crippen LogP contribution in [0.1, 0.15) is 36.1 Å². The Kier molecular flexibility index (Phi) is 4.25. The van der Waals surface area contributed by atoms with Gasteiger partial charge in [0.25, 0.3) is 5.69 Å². The molecule has 3 aromatic carbocycles. The van der Waals surface area contributed by atoms with Crippen LogP contribution in [-0.2, 0) is 5.72 Å². The molecule has 0 radical (unpaired) electrons. The Balaban J connectivity index is 1.67. The first kappa shape index (κ1) is 18.6. The second kappa shape index (κ2) is 6.85. The lowest BCUT2D eigenvalue weighted by Crippen LogP contribution is -2.48. The Morgan fingerprint density at radius 3 is 2.70 bits per heavy atom. The van der Waals surface area contributed by atoms with E-state index in [-0.39, 0.29) is 11.7 Å². The predicted molar refractivity (Wildman–Crippen MR) is 115 cm³/mol. The first-order valence-electron chi connectivity index (χ1n) is 9.61. The molecule has 30 heavy (non-hydrogen) atoms. The van der Waals surface area contributed by atoms with E-state index in [4.69, 9.17) is 21.4 Å². The Labute approximate surface area is 178 Å². The van der Waals surface area contributed by atoms with Crippen LogP contribution >= 0.6 is 11.6 Å². The molecule has 0 aliphatic carbocycles. The van der Waals surface area contributed by atoms with Gasteiger partial charge in [0, 0.05) is 41.6 Å². The first-order valence-corrected chi connectivity index (χ1v) is 9.99. The summed E-state index contributed by atoms with van der Waals surface area (Å²) in [5.41, 5.74) is 2.61. The highest BCUT2D eigenvalue weighted by atomic mass is 35.5. The third-order valence-electron chi connectivity index (χ3n) is 5.69. The van der Waals surface area contributed by atoms with E-state index in [1.54, 1.807) is 18.2 Å². The molecule has 5 rings (SSSR count). The van der Waals surface area contributed by atoms with Crippen LogP contribution in [0.3, 0.4) is 0 Å². The second-order valence-corrected chi connectivity index (χ2v) is 7.99. The SMILES string of the molecule is C[C@@]1(c2cccc([N+](=O)[O-])c2)Oc2ccc(Cl)cc2[C@H]2CC(c3ccccc3)=NN21. The van der Waals surface area contributed by atoms with Crippen molar-refractivity contribution in [2.75, 3.05) is 0 Å². The van der Waals surface area contributed by atoms with E-state index >= 15 is 0 Å². The third-order valence-corrected chi connectivity index (χ3v) is 5.92. The molecule has 0 spiro atoms. The van der Waals surface area contributed by atoms with Crippen molar-refractivity contribution in [2.24, 2.45) is 5.10 Å². The summed E-state index contributed by atoms with van der Waals surface area (Å²) in [5.74, 6) is 0.708. The van der Waals surface area contributed by atoms with Crippen LogP contribution in [0.15, 0.2) is 77.9 Å². The van der Waals surface area contributed by atoms with Crippen molar-refractivity contribution in [3.8, 4) is 5.75 Å². The molecule has 0 fully saturated rings. The van der Waals surface area contributed by atoms with Gasteiger partial charge in [-0.05, 0) is 23.8 Å². The van der Waals surface area contributed by atoms with Crippen LogP contribution in [0.2, 0.25) is 5.02 Å². The molecule has 2 heterocycles. The smallest absolute Gasteiger partial charge is 0.269 e. The summed E-state index contributed by atoms with van der Waals surface area (Å²) < 4.78 is 6.43. The van der Waals surface area contributed by atoms with Crippen LogP contribution in [-0.4, -0.2) is 15.6 Å². The lowest BCUT2D eigenvalue weighted by molar-refractivity contribution is -0.385. The van der Waals surface area contributed by atoms with Crippen molar-refractivity contribution in [1.29, 1.82) is 0 Å². The summed E-state index contributed by atoms with van der Waals surface area (Å²) in [7, 11) is 0. The minimum Gasteiger partial charge on any atom is -0.462 e. The number of nitro benzene ring substituents is 1. The van der Waals surface area contributed by atoms with E-state index in [1.807, 2.05) is 60.5 Å². The number of nitrogens with zero attached hydrogens (tertiary/aromatic N) is 3. The Bertz CT molecular complexity index is 1180. The zero-order valence-electron chi connectivity index (χ0n) is 16.2. The van der Waals surface area contributed by atoms with Crippen LogP contribution in [0, 0.1) is 10.1 Å². The number of rotatable bonds is 3. The number of ether oxygens (including phenoxy) is 1. The zero-order valence-corrected chi connectivity index (χ0v) is 16.9. The molecule has 6 nitrogen and oxygen atoms in total. The fraction of sp³-hybridized carbons (Fsp3) is 0.174. The quantitative estimate of drug-likeness (QED) is 0.405. The van der Waals surface area contributed by atoms with E-state index < -0.39 is 10.6 Å². The number of benzene rings is 3. The minimum absolute atomic E-state index is 0.0160. The maximum Gasteiger partial charge on any atom is 0.269 e. The van der Waals surface area contributed by atoms with Gasteiger partial charge in [0.1, 0.15) is 5.75 Å². The molecule has 2 aliphatic rings. The van der Waals surface area contributed by atoms with E-state index in [2.05, 4.69) is 0 Å². The van der Waals surface area contributed by atoms with Gasteiger partial charge in [0.2, 0.25) is 5.72 Å². The highest BCUT2D eigenvalue weighted by Crippen LogP contribution is 2.51. The molecule has 0 amide bonds. The largest absolute Gasteiger partial charge is 0.462 e. The van der Waals surface area contributed by atoms with Gasteiger partial charge in [-0.1, -0.05) is 54.1 Å². The van der Waals surface area contributed by atoms with Gasteiger partial charge in [-0.25, -0.2) is 5.01 Å². The lowest BCUT2D eigenvalue weighted by atomic mass is 9.92. The fourth-order valence-electron chi connectivity index (χ4n) is 4.18. The summed E-state index contributed by atoms with van der Waals surface area (Å²) in [5, 5.41) is 18.8. The summed E-state index contributed by atoms with van der Waals surface area (Å²) in [6.45, 7) is 1.90. The number of non-ortho nitro benzene ring substituents is 1. The van der Waals surface area contributed by atoms with Gasteiger partial charge >= 0.3 is 0 Å². The van der Waals surface area contributed by atoms with Crippen molar-refractivity contribution in [2.45, 2.75) is 25.1 Å². The van der Waals surface area contributed by atoms with Gasteiger partial charge < -0.3 is 4.74 Å². The van der Waals surface area contributed by atoms with Crippen LogP contribution in [0.25, 0.3) is 0 Å². The van der Waals surface area contributed by atoms with Crippen molar-refractivity contribution in [3.63, 3.8) is 0 Å². The number of halogens is 1. The highest BCUT2D eigenvalue weighted by Gasteiger charge is 2.49. The first-order chi connectivity index (χ1) is 14.5. The summed E-state index contributed by atoms with van der Waals surface area (Å²) in [6.07, 6.45) is 0.686. The van der Waals surface area contributed by atoms with Crippen LogP contribution < -0.4 is 4.74 Å². The Morgan fingerprint density at radius 1 is 1.13 bits per heavy atom. The van der Waals surface area contributed by atoms with Gasteiger partial charge in [-0.2, -0.15) is 5.10 Å². The molecule has 0 N–H and O–H groups in total. The average Bonchev–Trinajstić information content (AvgIpc) is 3.22. The maximum atomic E-state index is 11.3. The molecule has 0 bridgehead atoms. The lowest BCUT2D eigenvalue weighted by Gasteiger charge is -2.45. The normalized spacial score (nSPS) is 22.0. The number of nitro groups is 1. The number of hydrogen-bond acceptors (Lipinski definition) is 5. The molecule has 2 atom stereocenters. The van der Waals surface area contributed by atoms with E-state index in [0.29, 0.717) is 22.8 Å². The highest BCUT2D eigenvalue weighted by molar-refractivity contribution is 6.30. The Hall–Kier alpha value is -3.38. The molecular weight excluding hydrogens is 402 g/mol. The summed E-state index contributed by atoms with van der Waals surface area (Å²) in [6, 6.07) is 22.0. The molecule has 0 saturated carbocycles. The molecule has 3 aromatic rings. The molecular formula is C23H18ClN3O3. The van der Waals surface area contributed by atoms with E-state index in [0.717, 1.165) is 16.8 Å². The standard InChI is InChI=1S/C23H18ClN3O3/c1-23(16-8-5-9-18(12-16)27(28)29)26-21(19-13-17(24)10-11-22(19)30-23)14-20(25-26)15-6-3-2-4-7-15/h2-13,21H,14H2,1H3/t21-,23+/m1/s1. The molecule has 2 aliphatic heterocycles. The van der Waals surface area contributed by atoms with Gasteiger partial charge in [0.05, 0.1) is 16.7 Å². The van der Waals surface area contributed by atoms with Crippen LogP contribution in [0.4, 0.5) is 5.69 Å². The van der Waals surface area contributed by atoms with E-state index in [1.165, 1.54) is 6.07 Å². The monoisotopic (exact) mass is 419 g/mol. The van der Waals surface area contributed by atoms with Gasteiger partial charge in [-0.15, -0.1) is 0 Å². The topological polar surface area (TPSA) is 68.0 Å². The number of fused-ring (bicyclic) bond motifs is 3. The molecule has 150 valence electrons. The average molecular weight is 420 g/mol. The fourth-order valence-corrected chi connectivity index (χ4v) is 4.36. The van der Waals surface area contributed by atoms with Crippen molar-refractivity contribution < 1.29 is 9.66 Å². The number of hydrogen-bond donors (Lipinski definition) is 0. The van der Waals surface area contributed by atoms with E-state index in [9.17, 15) is 10.1 Å². The maximum absolute atomic E-state index is 11.3. The van der Waals surface area contributed by atoms with Gasteiger partial charge in [-0.3, -0.25) is 10.1 Å². The predicted octanol–water partition coefficient (Wildman–Crippen LogP) is 5.66. The Morgan fingerprint density at radius 2 is 1.93 bits per heavy atom. The molecule has 7 heteroatoms. The summed E-state index contributed by atoms with van der Waals surface area (Å²) >= 11 is 6.28.